The van der Waals surface area contributed by atoms with Crippen molar-refractivity contribution in [3.63, 3.8) is 0 Å². The first-order valence-electron chi connectivity index (χ1n) is 8.62. The lowest BCUT2D eigenvalue weighted by atomic mass is 10.2. The molecule has 28 heavy (non-hydrogen) atoms. The summed E-state index contributed by atoms with van der Waals surface area (Å²) in [5, 5.41) is 5.28. The summed E-state index contributed by atoms with van der Waals surface area (Å²) in [6, 6.07) is 14.4. The zero-order valence-corrected chi connectivity index (χ0v) is 16.1. The monoisotopic (exact) mass is 381 g/mol. The summed E-state index contributed by atoms with van der Waals surface area (Å²) in [5.41, 5.74) is 1.90. The summed E-state index contributed by atoms with van der Waals surface area (Å²) in [6.07, 6.45) is 2.37. The molecule has 0 heterocycles. The SMILES string of the molecule is COc1ccc(NC(C)=O)cc1NC(=O)C=CC(=O)N(C)Cc1ccccc1. The van der Waals surface area contributed by atoms with Gasteiger partial charge >= 0.3 is 0 Å². The predicted octanol–water partition coefficient (Wildman–Crippen LogP) is 2.81. The third-order valence-electron chi connectivity index (χ3n) is 3.79. The minimum atomic E-state index is -0.486. The molecule has 0 bridgehead atoms. The van der Waals surface area contributed by atoms with Gasteiger partial charge in [-0.2, -0.15) is 0 Å². The van der Waals surface area contributed by atoms with Crippen molar-refractivity contribution in [2.24, 2.45) is 0 Å². The van der Waals surface area contributed by atoms with Gasteiger partial charge in [-0.25, -0.2) is 0 Å². The van der Waals surface area contributed by atoms with E-state index in [4.69, 9.17) is 4.74 Å². The normalized spacial score (nSPS) is 10.4. The van der Waals surface area contributed by atoms with Crippen LogP contribution < -0.4 is 15.4 Å². The molecule has 2 rings (SSSR count). The fourth-order valence-corrected chi connectivity index (χ4v) is 2.47. The number of hydrogen-bond acceptors (Lipinski definition) is 4. The second-order valence-electron chi connectivity index (χ2n) is 6.10. The Morgan fingerprint density at radius 2 is 1.75 bits per heavy atom. The van der Waals surface area contributed by atoms with Crippen LogP contribution in [0.2, 0.25) is 0 Å². The fourth-order valence-electron chi connectivity index (χ4n) is 2.47. The quantitative estimate of drug-likeness (QED) is 0.722. The maximum atomic E-state index is 12.2. The molecule has 146 valence electrons. The Morgan fingerprint density at radius 1 is 1.04 bits per heavy atom. The van der Waals surface area contributed by atoms with Crippen LogP contribution in [0.3, 0.4) is 0 Å². The van der Waals surface area contributed by atoms with Crippen molar-refractivity contribution in [2.45, 2.75) is 13.5 Å². The van der Waals surface area contributed by atoms with Gasteiger partial charge in [0, 0.05) is 38.4 Å². The summed E-state index contributed by atoms with van der Waals surface area (Å²) in [4.78, 5) is 37.1. The molecule has 0 atom stereocenters. The van der Waals surface area contributed by atoms with E-state index in [0.29, 0.717) is 23.7 Å². The van der Waals surface area contributed by atoms with Crippen LogP contribution in [0.5, 0.6) is 5.75 Å². The molecule has 0 aliphatic heterocycles. The van der Waals surface area contributed by atoms with Crippen LogP contribution in [0.25, 0.3) is 0 Å². The summed E-state index contributed by atoms with van der Waals surface area (Å²) in [5.74, 6) is -0.574. The van der Waals surface area contributed by atoms with Gasteiger partial charge in [0.2, 0.25) is 17.7 Å². The molecule has 0 aromatic heterocycles. The van der Waals surface area contributed by atoms with Gasteiger partial charge in [-0.1, -0.05) is 30.3 Å². The average molecular weight is 381 g/mol. The fraction of sp³-hybridized carbons (Fsp3) is 0.190. The van der Waals surface area contributed by atoms with Crippen molar-refractivity contribution in [1.29, 1.82) is 0 Å². The average Bonchev–Trinajstić information content (AvgIpc) is 2.66. The van der Waals surface area contributed by atoms with Crippen molar-refractivity contribution in [3.8, 4) is 5.75 Å². The summed E-state index contributed by atoms with van der Waals surface area (Å²) >= 11 is 0. The first-order valence-corrected chi connectivity index (χ1v) is 8.62. The van der Waals surface area contributed by atoms with E-state index in [1.165, 1.54) is 25.0 Å². The Morgan fingerprint density at radius 3 is 2.39 bits per heavy atom. The van der Waals surface area contributed by atoms with Crippen molar-refractivity contribution in [3.05, 3.63) is 66.2 Å². The standard InChI is InChI=1S/C21H23N3O4/c1-15(25)22-17-9-10-19(28-3)18(13-17)23-20(26)11-12-21(27)24(2)14-16-7-5-4-6-8-16/h4-13H,14H2,1-3H3,(H,22,25)(H,23,26). The first-order chi connectivity index (χ1) is 13.4. The molecule has 0 unspecified atom stereocenters. The van der Waals surface area contributed by atoms with Gasteiger partial charge in [-0.3, -0.25) is 14.4 Å². The molecule has 7 heteroatoms. The maximum absolute atomic E-state index is 12.2. The van der Waals surface area contributed by atoms with E-state index >= 15 is 0 Å². The van der Waals surface area contributed by atoms with Crippen molar-refractivity contribution >= 4 is 29.1 Å². The highest BCUT2D eigenvalue weighted by Gasteiger charge is 2.10. The van der Waals surface area contributed by atoms with E-state index < -0.39 is 5.91 Å². The van der Waals surface area contributed by atoms with Gasteiger partial charge in [0.15, 0.2) is 0 Å². The molecule has 0 saturated heterocycles. The highest BCUT2D eigenvalue weighted by molar-refractivity contribution is 6.04. The molecular weight excluding hydrogens is 358 g/mol. The first kappa shape index (κ1) is 20.7. The molecule has 0 radical (unpaired) electrons. The number of carbonyl (C=O) groups is 3. The van der Waals surface area contributed by atoms with Crippen LogP contribution in [0.4, 0.5) is 11.4 Å². The Hall–Kier alpha value is -3.61. The van der Waals surface area contributed by atoms with Gasteiger partial charge in [0.25, 0.3) is 0 Å². The number of rotatable bonds is 7. The van der Waals surface area contributed by atoms with E-state index in [9.17, 15) is 14.4 Å². The van der Waals surface area contributed by atoms with Crippen LogP contribution in [-0.2, 0) is 20.9 Å². The smallest absolute Gasteiger partial charge is 0.248 e. The van der Waals surface area contributed by atoms with Gasteiger partial charge in [-0.15, -0.1) is 0 Å². The highest BCUT2D eigenvalue weighted by atomic mass is 16.5. The van der Waals surface area contributed by atoms with Crippen molar-refractivity contribution in [2.75, 3.05) is 24.8 Å². The molecule has 2 N–H and O–H groups in total. The molecule has 2 aromatic rings. The summed E-state index contributed by atoms with van der Waals surface area (Å²) in [7, 11) is 3.14. The van der Waals surface area contributed by atoms with Crippen LogP contribution in [-0.4, -0.2) is 36.8 Å². The largest absolute Gasteiger partial charge is 0.495 e. The van der Waals surface area contributed by atoms with Crippen molar-refractivity contribution in [1.82, 2.24) is 4.90 Å². The number of anilines is 2. The third-order valence-corrected chi connectivity index (χ3v) is 3.79. The van der Waals surface area contributed by atoms with Crippen LogP contribution in [0.15, 0.2) is 60.7 Å². The summed E-state index contributed by atoms with van der Waals surface area (Å²) < 4.78 is 5.21. The topological polar surface area (TPSA) is 87.7 Å². The molecular formula is C21H23N3O4. The number of methoxy groups -OCH3 is 1. The number of amides is 3. The molecule has 3 amide bonds. The molecule has 2 aromatic carbocycles. The van der Waals surface area contributed by atoms with Gasteiger partial charge in [0.1, 0.15) is 5.75 Å². The molecule has 0 aliphatic rings. The zero-order chi connectivity index (χ0) is 20.5. The number of nitrogens with one attached hydrogen (secondary N) is 2. The van der Waals surface area contributed by atoms with Gasteiger partial charge < -0.3 is 20.3 Å². The number of carbonyl (C=O) groups excluding carboxylic acids is 3. The number of hydrogen-bond donors (Lipinski definition) is 2. The van der Waals surface area contributed by atoms with E-state index in [1.807, 2.05) is 30.3 Å². The number of benzene rings is 2. The second-order valence-corrected chi connectivity index (χ2v) is 6.10. The Bertz CT molecular complexity index is 878. The summed E-state index contributed by atoms with van der Waals surface area (Å²) in [6.45, 7) is 1.83. The Labute approximate surface area is 164 Å². The lowest BCUT2D eigenvalue weighted by Gasteiger charge is -2.15. The molecule has 0 saturated carbocycles. The van der Waals surface area contributed by atoms with E-state index in [1.54, 1.807) is 25.2 Å². The number of nitrogens with zero attached hydrogens (tertiary/aromatic N) is 1. The number of ether oxygens (including phenoxy) is 1. The molecule has 7 nitrogen and oxygen atoms in total. The zero-order valence-electron chi connectivity index (χ0n) is 16.1. The number of likely N-dealkylation sites (N-methyl/N-ethyl adjacent to an activating group) is 1. The second kappa shape index (κ2) is 9.91. The Balaban J connectivity index is 2.00. The maximum Gasteiger partial charge on any atom is 0.248 e. The third kappa shape index (κ3) is 6.28. The predicted molar refractivity (Wildman–Crippen MR) is 108 cm³/mol. The molecule has 0 fully saturated rings. The van der Waals surface area contributed by atoms with E-state index in [0.717, 1.165) is 11.6 Å². The van der Waals surface area contributed by atoms with Crippen LogP contribution >= 0.6 is 0 Å². The van der Waals surface area contributed by atoms with Crippen molar-refractivity contribution < 1.29 is 19.1 Å². The van der Waals surface area contributed by atoms with Gasteiger partial charge in [0.05, 0.1) is 12.8 Å². The van der Waals surface area contributed by atoms with E-state index in [2.05, 4.69) is 10.6 Å². The molecule has 0 spiro atoms. The molecule has 0 aliphatic carbocycles. The lowest BCUT2D eigenvalue weighted by Crippen LogP contribution is -2.24. The minimum Gasteiger partial charge on any atom is -0.495 e. The highest BCUT2D eigenvalue weighted by Crippen LogP contribution is 2.27. The lowest BCUT2D eigenvalue weighted by molar-refractivity contribution is -0.125. The van der Waals surface area contributed by atoms with Crippen LogP contribution in [0.1, 0.15) is 12.5 Å². The van der Waals surface area contributed by atoms with Gasteiger partial charge in [-0.05, 0) is 23.8 Å². The minimum absolute atomic E-state index is 0.227. The Kier molecular flexibility index (Phi) is 7.33. The van der Waals surface area contributed by atoms with E-state index in [-0.39, 0.29) is 11.8 Å². The van der Waals surface area contributed by atoms with Crippen LogP contribution in [0, 0.1) is 0 Å².